The summed E-state index contributed by atoms with van der Waals surface area (Å²) in [6.07, 6.45) is 0.640. The Labute approximate surface area is 123 Å². The van der Waals surface area contributed by atoms with Crippen LogP contribution in [0.3, 0.4) is 0 Å². The van der Waals surface area contributed by atoms with Crippen molar-refractivity contribution in [3.05, 3.63) is 63.9 Å². The standard InChI is InChI=1S/C15H11BrN2O2/c16-10-6-4-9(5-7-10)8-13-17-12-3-1-2-11(15(19)20)14(12)18-13/h1-7H,8H2,(H,17,18)(H,19,20). The van der Waals surface area contributed by atoms with Crippen LogP contribution in [0, 0.1) is 0 Å². The fourth-order valence-corrected chi connectivity index (χ4v) is 2.40. The predicted octanol–water partition coefficient (Wildman–Crippen LogP) is 3.61. The molecular weight excluding hydrogens is 320 g/mol. The Morgan fingerprint density at radius 1 is 1.20 bits per heavy atom. The summed E-state index contributed by atoms with van der Waals surface area (Å²) >= 11 is 3.40. The highest BCUT2D eigenvalue weighted by Gasteiger charge is 2.12. The summed E-state index contributed by atoms with van der Waals surface area (Å²) in [4.78, 5) is 18.7. The van der Waals surface area contributed by atoms with E-state index in [2.05, 4.69) is 25.9 Å². The smallest absolute Gasteiger partial charge is 0.337 e. The van der Waals surface area contributed by atoms with Gasteiger partial charge in [0.15, 0.2) is 0 Å². The van der Waals surface area contributed by atoms with E-state index in [1.54, 1.807) is 12.1 Å². The van der Waals surface area contributed by atoms with E-state index in [0.29, 0.717) is 11.9 Å². The van der Waals surface area contributed by atoms with Crippen LogP contribution in [0.15, 0.2) is 46.9 Å². The van der Waals surface area contributed by atoms with E-state index in [-0.39, 0.29) is 5.56 Å². The Bertz CT molecular complexity index is 778. The van der Waals surface area contributed by atoms with Crippen LogP contribution in [0.1, 0.15) is 21.7 Å². The third kappa shape index (κ3) is 2.44. The van der Waals surface area contributed by atoms with Crippen molar-refractivity contribution >= 4 is 32.9 Å². The zero-order valence-corrected chi connectivity index (χ0v) is 12.0. The summed E-state index contributed by atoms with van der Waals surface area (Å²) in [5.41, 5.74) is 2.59. The molecule has 4 nitrogen and oxygen atoms in total. The van der Waals surface area contributed by atoms with Gasteiger partial charge in [-0.2, -0.15) is 0 Å². The Kier molecular flexibility index (Phi) is 3.28. The largest absolute Gasteiger partial charge is 0.478 e. The fourth-order valence-electron chi connectivity index (χ4n) is 2.14. The van der Waals surface area contributed by atoms with Gasteiger partial charge >= 0.3 is 5.97 Å². The lowest BCUT2D eigenvalue weighted by atomic mass is 10.1. The zero-order valence-electron chi connectivity index (χ0n) is 10.4. The third-order valence-corrected chi connectivity index (χ3v) is 3.61. The second-order valence-electron chi connectivity index (χ2n) is 4.49. The molecule has 5 heteroatoms. The molecule has 0 unspecified atom stereocenters. The van der Waals surface area contributed by atoms with Crippen LogP contribution in [0.25, 0.3) is 11.0 Å². The SMILES string of the molecule is O=C(O)c1cccc2[nH]c(Cc3ccc(Br)cc3)nc12. The molecule has 0 bridgehead atoms. The number of aromatic carboxylic acids is 1. The second kappa shape index (κ2) is 5.09. The van der Waals surface area contributed by atoms with Crippen LogP contribution in [0.2, 0.25) is 0 Å². The van der Waals surface area contributed by atoms with Gasteiger partial charge in [-0.3, -0.25) is 0 Å². The minimum absolute atomic E-state index is 0.223. The molecule has 1 heterocycles. The van der Waals surface area contributed by atoms with Gasteiger partial charge in [-0.1, -0.05) is 34.1 Å². The first-order chi connectivity index (χ1) is 9.63. The molecule has 1 aromatic heterocycles. The molecule has 0 radical (unpaired) electrons. The lowest BCUT2D eigenvalue weighted by Gasteiger charge is -1.98. The maximum Gasteiger partial charge on any atom is 0.337 e. The van der Waals surface area contributed by atoms with Crippen LogP contribution in [0.4, 0.5) is 0 Å². The number of carboxylic acid groups (broad SMARTS) is 1. The number of nitrogens with one attached hydrogen (secondary N) is 1. The van der Waals surface area contributed by atoms with Crippen molar-refractivity contribution in [2.45, 2.75) is 6.42 Å². The van der Waals surface area contributed by atoms with Gasteiger partial charge in [0.25, 0.3) is 0 Å². The van der Waals surface area contributed by atoms with E-state index in [4.69, 9.17) is 5.11 Å². The summed E-state index contributed by atoms with van der Waals surface area (Å²) in [5.74, 6) is -0.201. The van der Waals surface area contributed by atoms with Gasteiger partial charge in [0.2, 0.25) is 0 Å². The monoisotopic (exact) mass is 330 g/mol. The summed E-state index contributed by atoms with van der Waals surface area (Å²) < 4.78 is 1.03. The van der Waals surface area contributed by atoms with Crippen molar-refractivity contribution in [3.63, 3.8) is 0 Å². The second-order valence-corrected chi connectivity index (χ2v) is 5.41. The first kappa shape index (κ1) is 12.9. The molecule has 0 saturated heterocycles. The highest BCUT2D eigenvalue weighted by Crippen LogP contribution is 2.19. The Morgan fingerprint density at radius 3 is 2.65 bits per heavy atom. The topological polar surface area (TPSA) is 66.0 Å². The number of imidazole rings is 1. The Balaban J connectivity index is 1.99. The molecule has 0 amide bonds. The van der Waals surface area contributed by atoms with Crippen LogP contribution in [-0.4, -0.2) is 21.0 Å². The van der Waals surface area contributed by atoms with Gasteiger partial charge in [0.05, 0.1) is 11.1 Å². The van der Waals surface area contributed by atoms with Gasteiger partial charge in [-0.15, -0.1) is 0 Å². The number of benzene rings is 2. The average Bonchev–Trinajstić information content (AvgIpc) is 2.83. The van der Waals surface area contributed by atoms with Crippen molar-refractivity contribution in [1.29, 1.82) is 0 Å². The highest BCUT2D eigenvalue weighted by molar-refractivity contribution is 9.10. The molecule has 3 aromatic rings. The molecular formula is C15H11BrN2O2. The molecule has 20 heavy (non-hydrogen) atoms. The molecule has 2 N–H and O–H groups in total. The van der Waals surface area contributed by atoms with Gasteiger partial charge in [0.1, 0.15) is 11.3 Å². The minimum Gasteiger partial charge on any atom is -0.478 e. The molecule has 100 valence electrons. The number of carboxylic acids is 1. The molecule has 0 aliphatic heterocycles. The van der Waals surface area contributed by atoms with E-state index in [1.807, 2.05) is 30.3 Å². The number of halogens is 1. The molecule has 0 aliphatic carbocycles. The number of fused-ring (bicyclic) bond motifs is 1. The van der Waals surface area contributed by atoms with Crippen molar-refractivity contribution in [2.75, 3.05) is 0 Å². The average molecular weight is 331 g/mol. The van der Waals surface area contributed by atoms with Gasteiger partial charge in [-0.25, -0.2) is 9.78 Å². The fraction of sp³-hybridized carbons (Fsp3) is 0.0667. The van der Waals surface area contributed by atoms with Crippen molar-refractivity contribution in [3.8, 4) is 0 Å². The Morgan fingerprint density at radius 2 is 1.95 bits per heavy atom. The molecule has 0 spiro atoms. The van der Waals surface area contributed by atoms with Crippen molar-refractivity contribution in [1.82, 2.24) is 9.97 Å². The molecule has 0 aliphatic rings. The van der Waals surface area contributed by atoms with E-state index in [0.717, 1.165) is 21.4 Å². The third-order valence-electron chi connectivity index (χ3n) is 3.08. The number of carbonyl (C=O) groups is 1. The number of aromatic amines is 1. The van der Waals surface area contributed by atoms with E-state index < -0.39 is 5.97 Å². The van der Waals surface area contributed by atoms with Crippen molar-refractivity contribution < 1.29 is 9.90 Å². The normalized spacial score (nSPS) is 10.8. The Hall–Kier alpha value is -2.14. The number of nitrogens with zero attached hydrogens (tertiary/aromatic N) is 1. The minimum atomic E-state index is -0.961. The quantitative estimate of drug-likeness (QED) is 0.770. The first-order valence-corrected chi connectivity index (χ1v) is 6.88. The summed E-state index contributed by atoms with van der Waals surface area (Å²) in [6.45, 7) is 0. The van der Waals surface area contributed by atoms with Crippen LogP contribution in [0.5, 0.6) is 0 Å². The van der Waals surface area contributed by atoms with E-state index >= 15 is 0 Å². The number of H-pyrrole nitrogens is 1. The van der Waals surface area contributed by atoms with E-state index in [1.165, 1.54) is 0 Å². The molecule has 3 rings (SSSR count). The van der Waals surface area contributed by atoms with E-state index in [9.17, 15) is 4.79 Å². The van der Waals surface area contributed by atoms with Gasteiger partial charge in [0, 0.05) is 10.9 Å². The molecule has 2 aromatic carbocycles. The highest BCUT2D eigenvalue weighted by atomic mass is 79.9. The predicted molar refractivity (Wildman–Crippen MR) is 80.0 cm³/mol. The van der Waals surface area contributed by atoms with Gasteiger partial charge in [-0.05, 0) is 29.8 Å². The molecule has 0 atom stereocenters. The summed E-state index contributed by atoms with van der Waals surface area (Å²) in [7, 11) is 0. The lowest BCUT2D eigenvalue weighted by Crippen LogP contribution is -1.97. The van der Waals surface area contributed by atoms with Gasteiger partial charge < -0.3 is 10.1 Å². The number of rotatable bonds is 3. The number of para-hydroxylation sites is 1. The number of hydrogen-bond acceptors (Lipinski definition) is 2. The molecule has 0 saturated carbocycles. The summed E-state index contributed by atoms with van der Waals surface area (Å²) in [6, 6.07) is 13.1. The maximum atomic E-state index is 11.2. The van der Waals surface area contributed by atoms with Crippen LogP contribution < -0.4 is 0 Å². The number of hydrogen-bond donors (Lipinski definition) is 2. The maximum absolute atomic E-state index is 11.2. The van der Waals surface area contributed by atoms with Crippen molar-refractivity contribution in [2.24, 2.45) is 0 Å². The zero-order chi connectivity index (χ0) is 14.1. The first-order valence-electron chi connectivity index (χ1n) is 6.09. The number of aromatic nitrogens is 2. The molecule has 0 fully saturated rings. The van der Waals surface area contributed by atoms with Crippen LogP contribution in [-0.2, 0) is 6.42 Å². The van der Waals surface area contributed by atoms with Crippen LogP contribution >= 0.6 is 15.9 Å². The lowest BCUT2D eigenvalue weighted by molar-refractivity contribution is 0.0699. The summed E-state index contributed by atoms with van der Waals surface area (Å²) in [5, 5.41) is 9.15.